The predicted octanol–water partition coefficient (Wildman–Crippen LogP) is 7.58. The number of ether oxygens (including phenoxy) is 2. The lowest BCUT2D eigenvalue weighted by atomic mass is 9.70. The molecule has 2 unspecified atom stereocenters. The molecule has 2 N–H and O–H groups in total. The van der Waals surface area contributed by atoms with Gasteiger partial charge in [0, 0.05) is 37.9 Å². The van der Waals surface area contributed by atoms with Crippen molar-refractivity contribution in [1.29, 1.82) is 0 Å². The molecule has 0 radical (unpaired) electrons. The highest BCUT2D eigenvalue weighted by molar-refractivity contribution is 5.97. The molecule has 1 saturated heterocycles. The minimum Gasteiger partial charge on any atom is -0.485 e. The second-order valence-corrected chi connectivity index (χ2v) is 11.5. The second kappa shape index (κ2) is 19.0. The Morgan fingerprint density at radius 1 is 1.09 bits per heavy atom. The Bertz CT molecular complexity index is 1090. The van der Waals surface area contributed by atoms with Gasteiger partial charge in [0.2, 0.25) is 0 Å². The number of nitrogens with zero attached hydrogens (tertiary/aromatic N) is 1. The van der Waals surface area contributed by atoms with Crippen LogP contribution in [0.5, 0.6) is 0 Å². The van der Waals surface area contributed by atoms with Gasteiger partial charge in [-0.3, -0.25) is 4.79 Å². The van der Waals surface area contributed by atoms with E-state index in [1.165, 1.54) is 88.3 Å². The number of hydrogen-bond donors (Lipinski definition) is 2. The average molecular weight is 607 g/mol. The lowest BCUT2D eigenvalue weighted by Gasteiger charge is -2.57. The van der Waals surface area contributed by atoms with Crippen LogP contribution in [-0.4, -0.2) is 67.0 Å². The molecule has 1 aliphatic carbocycles. The highest BCUT2D eigenvalue weighted by Gasteiger charge is 2.65. The van der Waals surface area contributed by atoms with Crippen LogP contribution in [0.2, 0.25) is 0 Å². The Balaban J connectivity index is 0.000000558. The van der Waals surface area contributed by atoms with Gasteiger partial charge in [-0.15, -0.1) is 0 Å². The van der Waals surface area contributed by atoms with Gasteiger partial charge in [-0.25, -0.2) is 8.78 Å². The number of carbonyl (C=O) groups excluding carboxylic acids is 1. The standard InChI is InChI=1S/C22H25F2NO4.C11H25N.C2H6/c1-13(8-14-6-7-16(23)11-17(14)24)12-25(4)20(26)15-9-18(28-5)22(27)19(10-15)29-21(22,2)3;1-3-5-7-8-9-11-12-10-6-4-2;1-2/h6-11,18,27H,12H2,1-5H3;12H,3-11H2,1-2H3;1-2H3/b13-8+;;. The van der Waals surface area contributed by atoms with E-state index in [0.29, 0.717) is 11.3 Å². The highest BCUT2D eigenvalue weighted by atomic mass is 19.1. The summed E-state index contributed by atoms with van der Waals surface area (Å²) in [5.74, 6) is -1.29. The van der Waals surface area contributed by atoms with Crippen LogP contribution in [-0.2, 0) is 14.3 Å². The summed E-state index contributed by atoms with van der Waals surface area (Å²) in [5, 5.41) is 14.4. The third kappa shape index (κ3) is 10.8. The second-order valence-electron chi connectivity index (χ2n) is 11.5. The van der Waals surface area contributed by atoms with Gasteiger partial charge in [-0.05, 0) is 71.0 Å². The van der Waals surface area contributed by atoms with Crippen molar-refractivity contribution < 1.29 is 28.2 Å². The number of halogens is 2. The fraction of sp³-hybridized carbons (Fsp3) is 0.629. The Morgan fingerprint density at radius 3 is 2.30 bits per heavy atom. The zero-order chi connectivity index (χ0) is 32.6. The number of amides is 1. The number of methoxy groups -OCH3 is 1. The molecule has 2 aliphatic rings. The highest BCUT2D eigenvalue weighted by Crippen LogP contribution is 2.51. The van der Waals surface area contributed by atoms with Crippen molar-refractivity contribution in [3.05, 3.63) is 64.5 Å². The lowest BCUT2D eigenvalue weighted by molar-refractivity contribution is -0.269. The molecule has 8 heteroatoms. The SMILES string of the molecule is CC.CCCCCCCNCCCC.COC1C=C(C(=O)N(C)C/C(C)=C/c2ccc(F)cc2F)C=C2OC(C)(C)C21O. The molecule has 43 heavy (non-hydrogen) atoms. The molecule has 1 fully saturated rings. The number of fused-ring (bicyclic) bond motifs is 1. The Kier molecular flexibility index (Phi) is 17.0. The molecule has 1 amide bonds. The van der Waals surface area contributed by atoms with Gasteiger partial charge in [-0.2, -0.15) is 0 Å². The van der Waals surface area contributed by atoms with Crippen LogP contribution in [0.15, 0.2) is 47.3 Å². The fourth-order valence-electron chi connectivity index (χ4n) is 5.02. The van der Waals surface area contributed by atoms with Crippen molar-refractivity contribution in [2.24, 2.45) is 0 Å². The molecule has 244 valence electrons. The Morgan fingerprint density at radius 2 is 1.72 bits per heavy atom. The Labute approximate surface area is 259 Å². The third-order valence-electron chi connectivity index (χ3n) is 7.55. The quantitative estimate of drug-likeness (QED) is 0.214. The smallest absolute Gasteiger partial charge is 0.253 e. The van der Waals surface area contributed by atoms with Crippen molar-refractivity contribution >= 4 is 12.0 Å². The first-order valence-corrected chi connectivity index (χ1v) is 15.9. The number of aliphatic hydroxyl groups is 1. The van der Waals surface area contributed by atoms with E-state index in [2.05, 4.69) is 19.2 Å². The van der Waals surface area contributed by atoms with Gasteiger partial charge in [0.25, 0.3) is 5.91 Å². The summed E-state index contributed by atoms with van der Waals surface area (Å²) in [6.45, 7) is 16.5. The van der Waals surface area contributed by atoms with Crippen LogP contribution in [0, 0.1) is 11.6 Å². The van der Waals surface area contributed by atoms with E-state index in [9.17, 15) is 18.7 Å². The maximum absolute atomic E-state index is 13.8. The van der Waals surface area contributed by atoms with Crippen LogP contribution < -0.4 is 5.32 Å². The molecule has 3 rings (SSSR count). The minimum absolute atomic E-state index is 0.241. The molecule has 1 aliphatic heterocycles. The van der Waals surface area contributed by atoms with Crippen LogP contribution in [0.4, 0.5) is 8.78 Å². The molecule has 1 heterocycles. The van der Waals surface area contributed by atoms with Gasteiger partial charge in [0.1, 0.15) is 29.1 Å². The van der Waals surface area contributed by atoms with Crippen molar-refractivity contribution in [3.8, 4) is 0 Å². The minimum atomic E-state index is -1.32. The van der Waals surface area contributed by atoms with Crippen molar-refractivity contribution in [2.75, 3.05) is 33.8 Å². The summed E-state index contributed by atoms with van der Waals surface area (Å²) in [4.78, 5) is 14.3. The van der Waals surface area contributed by atoms with Crippen LogP contribution in [0.25, 0.3) is 6.08 Å². The summed E-state index contributed by atoms with van der Waals surface area (Å²) < 4.78 is 37.9. The predicted molar refractivity (Wildman–Crippen MR) is 173 cm³/mol. The van der Waals surface area contributed by atoms with E-state index < -0.39 is 28.9 Å². The van der Waals surface area contributed by atoms with E-state index in [4.69, 9.17) is 9.47 Å². The lowest BCUT2D eigenvalue weighted by Crippen LogP contribution is -2.70. The van der Waals surface area contributed by atoms with Crippen molar-refractivity contribution in [1.82, 2.24) is 10.2 Å². The summed E-state index contributed by atoms with van der Waals surface area (Å²) in [5.41, 5.74) is -0.834. The summed E-state index contributed by atoms with van der Waals surface area (Å²) in [7, 11) is 3.08. The van der Waals surface area contributed by atoms with Crippen LogP contribution in [0.3, 0.4) is 0 Å². The Hall–Kier alpha value is -2.55. The van der Waals surface area contributed by atoms with Gasteiger partial charge in [0.15, 0.2) is 5.60 Å². The van der Waals surface area contributed by atoms with E-state index >= 15 is 0 Å². The maximum atomic E-state index is 13.8. The van der Waals surface area contributed by atoms with Crippen molar-refractivity contribution in [2.45, 2.75) is 111 Å². The normalized spacial score (nSPS) is 20.1. The van der Waals surface area contributed by atoms with Crippen LogP contribution >= 0.6 is 0 Å². The molecule has 2 atom stereocenters. The first kappa shape index (κ1) is 38.5. The van der Waals surface area contributed by atoms with Gasteiger partial charge in [-0.1, -0.05) is 71.4 Å². The molecule has 0 bridgehead atoms. The topological polar surface area (TPSA) is 71.0 Å². The number of likely N-dealkylation sites (N-methyl/N-ethyl adjacent to an activating group) is 1. The molecule has 0 aromatic heterocycles. The number of rotatable bonds is 14. The number of unbranched alkanes of at least 4 members (excludes halogenated alkanes) is 5. The largest absolute Gasteiger partial charge is 0.485 e. The molecular weight excluding hydrogens is 550 g/mol. The fourth-order valence-corrected chi connectivity index (χ4v) is 5.02. The average Bonchev–Trinajstić information content (AvgIpc) is 2.97. The number of hydrogen-bond acceptors (Lipinski definition) is 5. The number of benzene rings is 1. The van der Waals surface area contributed by atoms with Gasteiger partial charge in [0.05, 0.1) is 0 Å². The number of nitrogens with one attached hydrogen (secondary N) is 1. The zero-order valence-electron chi connectivity index (χ0n) is 28.0. The third-order valence-corrected chi connectivity index (χ3v) is 7.55. The summed E-state index contributed by atoms with van der Waals surface area (Å²) in [6, 6.07) is 3.35. The molecular formula is C35H56F2N2O4. The molecule has 0 saturated carbocycles. The molecule has 6 nitrogen and oxygen atoms in total. The van der Waals surface area contributed by atoms with E-state index in [1.807, 2.05) is 13.8 Å². The van der Waals surface area contributed by atoms with E-state index in [0.717, 1.165) is 11.6 Å². The summed E-state index contributed by atoms with van der Waals surface area (Å²) in [6.07, 6.45) is 13.6. The molecule has 1 aromatic rings. The monoisotopic (exact) mass is 606 g/mol. The van der Waals surface area contributed by atoms with Crippen LogP contribution in [0.1, 0.15) is 99.0 Å². The first-order chi connectivity index (χ1) is 20.4. The number of carbonyl (C=O) groups is 1. The van der Waals surface area contributed by atoms with Gasteiger partial charge < -0.3 is 24.8 Å². The molecule has 1 aromatic carbocycles. The van der Waals surface area contributed by atoms with Gasteiger partial charge >= 0.3 is 0 Å². The zero-order valence-corrected chi connectivity index (χ0v) is 28.0. The summed E-state index contributed by atoms with van der Waals surface area (Å²) >= 11 is 0. The molecule has 0 spiro atoms. The van der Waals surface area contributed by atoms with E-state index in [-0.39, 0.29) is 18.0 Å². The van der Waals surface area contributed by atoms with E-state index in [1.54, 1.807) is 40.0 Å². The maximum Gasteiger partial charge on any atom is 0.253 e. The van der Waals surface area contributed by atoms with Crippen molar-refractivity contribution in [3.63, 3.8) is 0 Å². The first-order valence-electron chi connectivity index (χ1n) is 15.9.